The van der Waals surface area contributed by atoms with Crippen molar-refractivity contribution in [2.75, 3.05) is 0 Å². The van der Waals surface area contributed by atoms with E-state index in [-0.39, 0.29) is 0 Å². The van der Waals surface area contributed by atoms with Crippen LogP contribution in [-0.2, 0) is 18.9 Å². The summed E-state index contributed by atoms with van der Waals surface area (Å²) in [5.41, 5.74) is -9.75. The maximum atomic E-state index is 14.7. The van der Waals surface area contributed by atoms with Gasteiger partial charge in [-0.2, -0.15) is 145 Å². The normalized spacial score (nSPS) is 21.3. The van der Waals surface area contributed by atoms with Crippen LogP contribution >= 0.6 is 0 Å². The van der Waals surface area contributed by atoms with Crippen molar-refractivity contribution in [2.24, 2.45) is 0 Å². The van der Waals surface area contributed by atoms with E-state index in [1.165, 1.54) is 4.74 Å². The number of ether oxygens (including phenoxy) is 4. The molecule has 0 aliphatic heterocycles. The molecule has 0 bridgehead atoms. The maximum absolute atomic E-state index is 14.7. The predicted molar refractivity (Wildman–Crippen MR) is 95.2 cm³/mol. The number of rotatable bonds is 14. The van der Waals surface area contributed by atoms with Crippen LogP contribution < -0.4 is 0 Å². The van der Waals surface area contributed by atoms with Crippen molar-refractivity contribution in [1.29, 1.82) is 0 Å². The van der Waals surface area contributed by atoms with Crippen molar-refractivity contribution in [3.05, 3.63) is 0 Å². The van der Waals surface area contributed by atoms with Crippen LogP contribution in [0.5, 0.6) is 0 Å². The van der Waals surface area contributed by atoms with Gasteiger partial charge < -0.3 is 0 Å². The third-order valence-corrected chi connectivity index (χ3v) is 5.82. The van der Waals surface area contributed by atoms with Crippen molar-refractivity contribution < 1.29 is 173 Å². The fraction of sp³-hybridized carbons (Fsp3) is 1.00. The van der Waals surface area contributed by atoms with Crippen molar-refractivity contribution in [2.45, 2.75) is 109 Å². The average molecular weight is 948 g/mol. The molecule has 57 heavy (non-hydrogen) atoms. The van der Waals surface area contributed by atoms with E-state index in [4.69, 9.17) is 0 Å². The first-order valence-corrected chi connectivity index (χ1v) is 11.7. The quantitative estimate of drug-likeness (QED) is 0.163. The fourth-order valence-corrected chi connectivity index (χ4v) is 2.87. The topological polar surface area (TPSA) is 36.9 Å². The highest BCUT2D eigenvalue weighted by molar-refractivity contribution is 5.15. The zero-order valence-electron chi connectivity index (χ0n) is 24.4. The van der Waals surface area contributed by atoms with Gasteiger partial charge in [-0.05, 0) is 0 Å². The number of hydrogen-bond donors (Lipinski definition) is 0. The second kappa shape index (κ2) is 13.7. The van der Waals surface area contributed by atoms with E-state index in [9.17, 15) is 154 Å². The van der Waals surface area contributed by atoms with Crippen LogP contribution in [0.2, 0.25) is 0 Å². The molecule has 0 aliphatic carbocycles. The number of alkyl halides is 35. The minimum Gasteiger partial charge on any atom is -0.272 e. The molecule has 0 aromatic heterocycles. The molecular formula is C18H3F35O4. The van der Waals surface area contributed by atoms with Crippen molar-refractivity contribution >= 4 is 0 Å². The second-order valence-corrected chi connectivity index (χ2v) is 9.97. The van der Waals surface area contributed by atoms with Gasteiger partial charge in [0.05, 0.1) is 0 Å². The summed E-state index contributed by atoms with van der Waals surface area (Å²) in [5.74, 6) is -54.3. The molecule has 0 rings (SSSR count). The molecule has 0 amide bonds. The van der Waals surface area contributed by atoms with E-state index in [1.807, 2.05) is 0 Å². The predicted octanol–water partition coefficient (Wildman–Crippen LogP) is 11.5. The fourth-order valence-electron chi connectivity index (χ4n) is 2.87. The van der Waals surface area contributed by atoms with Gasteiger partial charge in [0, 0.05) is 6.92 Å². The van der Waals surface area contributed by atoms with E-state index in [0.717, 1.165) is 4.74 Å². The second-order valence-electron chi connectivity index (χ2n) is 9.97. The van der Waals surface area contributed by atoms with E-state index in [0.29, 0.717) is 9.47 Å². The van der Waals surface area contributed by atoms with Crippen LogP contribution in [0.15, 0.2) is 0 Å². The molecule has 0 heterocycles. The first kappa shape index (κ1) is 54.4. The Morgan fingerprint density at radius 2 is 0.491 bits per heavy atom. The molecule has 0 saturated carbocycles. The Labute approximate surface area is 283 Å². The van der Waals surface area contributed by atoms with Crippen molar-refractivity contribution in [3.8, 4) is 0 Å². The molecule has 4 nitrogen and oxygen atoms in total. The molecule has 344 valence electrons. The molecule has 0 fully saturated rings. The monoisotopic (exact) mass is 948 g/mol. The van der Waals surface area contributed by atoms with Gasteiger partial charge in [-0.15, -0.1) is 0 Å². The molecule has 39 heteroatoms. The molecule has 0 spiro atoms. The standard InChI is InChI=1S/C18H3F35O4/c1-2(19,9(28,29)30)54-15(46,47)3(20,10(31,32)33)4(21,22)6(25,12(37,38)39)55-17(50,51)8(27,14(43,44)45)57-18(52,53)7(26,13(40,41)42)56-16(48,49)5(23,24)11(34,35)36/h1H3. The molecular weight excluding hydrogens is 945 g/mol. The van der Waals surface area contributed by atoms with Crippen LogP contribution in [-0.4, -0.2) is 102 Å². The minimum absolute atomic E-state index is 0.590. The Balaban J connectivity index is 8.20. The molecule has 0 aromatic carbocycles. The first-order valence-electron chi connectivity index (χ1n) is 11.7. The smallest absolute Gasteiger partial charge is 0.272 e. The Hall–Kier alpha value is -2.61. The maximum Gasteiger partial charge on any atom is 0.462 e. The summed E-state index contributed by atoms with van der Waals surface area (Å²) in [6.45, 7) is -1.74. The SMILES string of the molecule is CC(F)(OC(F)(F)C(F)(C(F)(F)F)C(F)(F)C(F)(OC(F)(F)C(F)(OC(F)(F)C(F)(OC(F)(F)C(F)(F)C(F)(F)F)C(F)(F)F)C(F)(F)F)C(F)(F)F)C(F)(F)F. The van der Waals surface area contributed by atoms with Crippen molar-refractivity contribution in [1.82, 2.24) is 0 Å². The third kappa shape index (κ3) is 8.42. The van der Waals surface area contributed by atoms with Gasteiger partial charge in [0.2, 0.25) is 0 Å². The van der Waals surface area contributed by atoms with Gasteiger partial charge in [0.15, 0.2) is 0 Å². The van der Waals surface area contributed by atoms with Crippen molar-refractivity contribution in [3.63, 3.8) is 0 Å². The molecule has 0 saturated heterocycles. The third-order valence-electron chi connectivity index (χ3n) is 5.82. The highest BCUT2D eigenvalue weighted by Gasteiger charge is 2.97. The van der Waals surface area contributed by atoms with Gasteiger partial charge in [-0.3, -0.25) is 18.9 Å². The largest absolute Gasteiger partial charge is 0.462 e. The molecule has 0 aliphatic rings. The Bertz CT molecular complexity index is 1410. The van der Waals surface area contributed by atoms with Gasteiger partial charge in [0.1, 0.15) is 0 Å². The zero-order valence-corrected chi connectivity index (χ0v) is 24.4. The molecule has 0 aromatic rings. The number of hydrogen-bond acceptors (Lipinski definition) is 4. The average Bonchev–Trinajstić information content (AvgIpc) is 2.86. The Morgan fingerprint density at radius 3 is 0.719 bits per heavy atom. The zero-order chi connectivity index (χ0) is 47.3. The highest BCUT2D eigenvalue weighted by atomic mass is 19.5. The minimum atomic E-state index is -10.1. The number of halogens is 35. The molecule has 0 radical (unpaired) electrons. The summed E-state index contributed by atoms with van der Waals surface area (Å²) in [6, 6.07) is 0. The summed E-state index contributed by atoms with van der Waals surface area (Å²) >= 11 is 0. The summed E-state index contributed by atoms with van der Waals surface area (Å²) in [5, 5.41) is 0. The van der Waals surface area contributed by atoms with E-state index < -0.39 is 109 Å². The van der Waals surface area contributed by atoms with Gasteiger partial charge >= 0.3 is 102 Å². The molecule has 0 N–H and O–H groups in total. The Kier molecular flexibility index (Phi) is 13.1. The summed E-state index contributed by atoms with van der Waals surface area (Å²) in [4.78, 5) is 0. The van der Waals surface area contributed by atoms with Gasteiger partial charge in [0.25, 0.3) is 0 Å². The summed E-state index contributed by atoms with van der Waals surface area (Å²) in [6.07, 6.45) is -89.2. The van der Waals surface area contributed by atoms with Crippen LogP contribution in [0.4, 0.5) is 154 Å². The lowest BCUT2D eigenvalue weighted by Gasteiger charge is -2.47. The van der Waals surface area contributed by atoms with Gasteiger partial charge in [-0.25, -0.2) is 8.78 Å². The van der Waals surface area contributed by atoms with Crippen LogP contribution in [0.3, 0.4) is 0 Å². The van der Waals surface area contributed by atoms with E-state index >= 15 is 0 Å². The highest BCUT2D eigenvalue weighted by Crippen LogP contribution is 2.66. The van der Waals surface area contributed by atoms with E-state index in [2.05, 4.69) is 0 Å². The Morgan fingerprint density at radius 1 is 0.228 bits per heavy atom. The lowest BCUT2D eigenvalue weighted by atomic mass is 9.88. The van der Waals surface area contributed by atoms with Crippen LogP contribution in [0.25, 0.3) is 0 Å². The van der Waals surface area contributed by atoms with Crippen LogP contribution in [0.1, 0.15) is 6.92 Å². The van der Waals surface area contributed by atoms with Crippen LogP contribution in [0, 0.1) is 0 Å². The van der Waals surface area contributed by atoms with E-state index in [1.54, 1.807) is 0 Å². The lowest BCUT2D eigenvalue weighted by molar-refractivity contribution is -0.589. The molecule has 5 unspecified atom stereocenters. The summed E-state index contributed by atoms with van der Waals surface area (Å²) < 4.78 is 472. The van der Waals surface area contributed by atoms with Gasteiger partial charge in [-0.1, -0.05) is 0 Å². The summed E-state index contributed by atoms with van der Waals surface area (Å²) in [7, 11) is 0. The first-order chi connectivity index (χ1) is 23.8. The molecule has 5 atom stereocenters. The lowest BCUT2D eigenvalue weighted by Crippen LogP contribution is -2.78.